The van der Waals surface area contributed by atoms with Crippen LogP contribution in [0.1, 0.15) is 11.6 Å². The Balaban J connectivity index is 0.000000980. The summed E-state index contributed by atoms with van der Waals surface area (Å²) in [7, 11) is 0. The third-order valence-corrected chi connectivity index (χ3v) is 2.27. The van der Waals surface area contributed by atoms with Crippen molar-refractivity contribution in [3.8, 4) is 0 Å². The summed E-state index contributed by atoms with van der Waals surface area (Å²) in [5.41, 5.74) is 13.6. The van der Waals surface area contributed by atoms with Gasteiger partial charge in [-0.05, 0) is 11.6 Å². The van der Waals surface area contributed by atoms with Gasteiger partial charge in [-0.3, -0.25) is 0 Å². The van der Waals surface area contributed by atoms with E-state index in [1.54, 1.807) is 0 Å². The molecule has 0 aliphatic heterocycles. The molecule has 0 amide bonds. The number of rotatable bonds is 2. The molecule has 1 heterocycles. The van der Waals surface area contributed by atoms with Crippen molar-refractivity contribution in [1.29, 1.82) is 0 Å². The molecule has 0 radical (unpaired) electrons. The Morgan fingerprint density at radius 1 is 1.20 bits per heavy atom. The van der Waals surface area contributed by atoms with E-state index in [0.29, 0.717) is 6.54 Å². The first-order valence-electron chi connectivity index (χ1n) is 4.34. The highest BCUT2D eigenvalue weighted by Crippen LogP contribution is 2.21. The van der Waals surface area contributed by atoms with E-state index >= 15 is 0 Å². The topological polar surface area (TPSA) is 67.8 Å². The molecule has 0 aliphatic carbocycles. The number of nitrogens with two attached hydrogens (primary N) is 2. The number of H-pyrrole nitrogens is 1. The van der Waals surface area contributed by atoms with Crippen LogP contribution < -0.4 is 11.5 Å². The molecule has 1 unspecified atom stereocenters. The molecule has 15 heavy (non-hydrogen) atoms. The van der Waals surface area contributed by atoms with Crippen molar-refractivity contribution in [2.24, 2.45) is 11.5 Å². The van der Waals surface area contributed by atoms with Crippen molar-refractivity contribution < 1.29 is 0 Å². The van der Waals surface area contributed by atoms with Crippen LogP contribution in [0.15, 0.2) is 30.5 Å². The van der Waals surface area contributed by atoms with Gasteiger partial charge in [0.15, 0.2) is 0 Å². The van der Waals surface area contributed by atoms with Crippen LogP contribution in [0.4, 0.5) is 0 Å². The molecule has 2 rings (SSSR count). The lowest BCUT2D eigenvalue weighted by Gasteiger charge is -2.06. The van der Waals surface area contributed by atoms with E-state index in [9.17, 15) is 0 Å². The number of halogens is 2. The van der Waals surface area contributed by atoms with Gasteiger partial charge in [0.1, 0.15) is 0 Å². The van der Waals surface area contributed by atoms with Gasteiger partial charge < -0.3 is 16.5 Å². The highest BCUT2D eigenvalue weighted by molar-refractivity contribution is 5.85. The number of hydrogen-bond donors (Lipinski definition) is 3. The van der Waals surface area contributed by atoms with Gasteiger partial charge in [-0.15, -0.1) is 24.8 Å². The molecule has 0 saturated heterocycles. The molecule has 0 spiro atoms. The third kappa shape index (κ3) is 2.63. The van der Waals surface area contributed by atoms with Gasteiger partial charge in [0, 0.05) is 29.7 Å². The fourth-order valence-electron chi connectivity index (χ4n) is 1.53. The molecule has 0 saturated carbocycles. The van der Waals surface area contributed by atoms with Crippen LogP contribution in [0, 0.1) is 0 Å². The molecule has 0 aliphatic rings. The minimum Gasteiger partial charge on any atom is -0.361 e. The van der Waals surface area contributed by atoms with Gasteiger partial charge in [-0.25, -0.2) is 0 Å². The van der Waals surface area contributed by atoms with Crippen LogP contribution in [0.5, 0.6) is 0 Å². The van der Waals surface area contributed by atoms with Crippen LogP contribution in [0.2, 0.25) is 0 Å². The summed E-state index contributed by atoms with van der Waals surface area (Å²) in [5, 5.41) is 1.17. The fraction of sp³-hybridized carbons (Fsp3) is 0.200. The first-order valence-corrected chi connectivity index (χ1v) is 4.34. The molecule has 1 aromatic carbocycles. The van der Waals surface area contributed by atoms with Gasteiger partial charge in [0.25, 0.3) is 0 Å². The second-order valence-electron chi connectivity index (χ2n) is 3.13. The zero-order chi connectivity index (χ0) is 9.26. The monoisotopic (exact) mass is 247 g/mol. The molecule has 2 aromatic rings. The van der Waals surface area contributed by atoms with Crippen molar-refractivity contribution >= 4 is 35.7 Å². The van der Waals surface area contributed by atoms with Crippen molar-refractivity contribution in [2.75, 3.05) is 6.54 Å². The lowest BCUT2D eigenvalue weighted by molar-refractivity contribution is 0.743. The summed E-state index contributed by atoms with van der Waals surface area (Å²) < 4.78 is 0. The summed E-state index contributed by atoms with van der Waals surface area (Å²) >= 11 is 0. The van der Waals surface area contributed by atoms with Crippen molar-refractivity contribution in [3.63, 3.8) is 0 Å². The molecule has 5 N–H and O–H groups in total. The Bertz CT molecular complexity index is 414. The number of aromatic amines is 1. The van der Waals surface area contributed by atoms with E-state index in [-0.39, 0.29) is 30.9 Å². The number of hydrogen-bond acceptors (Lipinski definition) is 2. The minimum atomic E-state index is -0.0730. The Kier molecular flexibility index (Phi) is 5.68. The van der Waals surface area contributed by atoms with Gasteiger partial charge in [0.05, 0.1) is 0 Å². The van der Waals surface area contributed by atoms with E-state index < -0.39 is 0 Å². The fourth-order valence-corrected chi connectivity index (χ4v) is 1.53. The van der Waals surface area contributed by atoms with Crippen LogP contribution in [0.3, 0.4) is 0 Å². The number of para-hydroxylation sites is 1. The molecule has 3 nitrogen and oxygen atoms in total. The van der Waals surface area contributed by atoms with E-state index in [0.717, 1.165) is 11.1 Å². The molecule has 1 aromatic heterocycles. The molecule has 84 valence electrons. The molecular formula is C10H15Cl2N3. The van der Waals surface area contributed by atoms with Crippen LogP contribution >= 0.6 is 24.8 Å². The maximum Gasteiger partial charge on any atom is 0.0457 e. The number of aromatic nitrogens is 1. The highest BCUT2D eigenvalue weighted by Gasteiger charge is 2.08. The van der Waals surface area contributed by atoms with Crippen LogP contribution in [-0.2, 0) is 0 Å². The van der Waals surface area contributed by atoms with Crippen LogP contribution in [0.25, 0.3) is 10.9 Å². The molecular weight excluding hydrogens is 233 g/mol. The van der Waals surface area contributed by atoms with Crippen molar-refractivity contribution in [2.45, 2.75) is 6.04 Å². The van der Waals surface area contributed by atoms with Gasteiger partial charge in [0.2, 0.25) is 0 Å². The zero-order valence-electron chi connectivity index (χ0n) is 8.14. The van der Waals surface area contributed by atoms with E-state index in [1.165, 1.54) is 5.39 Å². The van der Waals surface area contributed by atoms with Crippen molar-refractivity contribution in [3.05, 3.63) is 36.0 Å². The van der Waals surface area contributed by atoms with Gasteiger partial charge >= 0.3 is 0 Å². The largest absolute Gasteiger partial charge is 0.361 e. The number of nitrogens with one attached hydrogen (secondary N) is 1. The second kappa shape index (κ2) is 5.98. The normalized spacial score (nSPS) is 11.6. The zero-order valence-corrected chi connectivity index (χ0v) is 9.78. The third-order valence-electron chi connectivity index (χ3n) is 2.27. The summed E-state index contributed by atoms with van der Waals surface area (Å²) in [6, 6.07) is 8.01. The van der Waals surface area contributed by atoms with E-state index in [4.69, 9.17) is 11.5 Å². The first kappa shape index (κ1) is 14.3. The quantitative estimate of drug-likeness (QED) is 0.760. The Morgan fingerprint density at radius 2 is 1.87 bits per heavy atom. The lowest BCUT2D eigenvalue weighted by Crippen LogP contribution is -2.20. The maximum absolute atomic E-state index is 5.86. The Morgan fingerprint density at radius 3 is 2.53 bits per heavy atom. The molecule has 0 bridgehead atoms. The number of fused-ring (bicyclic) bond motifs is 1. The SMILES string of the molecule is Cl.Cl.NCC(N)c1c[nH]c2ccccc12. The van der Waals surface area contributed by atoms with Crippen molar-refractivity contribution in [1.82, 2.24) is 4.98 Å². The Hall–Kier alpha value is -0.740. The maximum atomic E-state index is 5.86. The second-order valence-corrected chi connectivity index (χ2v) is 3.13. The smallest absolute Gasteiger partial charge is 0.0457 e. The molecule has 5 heteroatoms. The first-order chi connectivity index (χ1) is 6.33. The lowest BCUT2D eigenvalue weighted by atomic mass is 10.1. The summed E-state index contributed by atoms with van der Waals surface area (Å²) in [4.78, 5) is 3.17. The van der Waals surface area contributed by atoms with Gasteiger partial charge in [-0.2, -0.15) is 0 Å². The Labute approximate surface area is 101 Å². The van der Waals surface area contributed by atoms with Crippen LogP contribution in [-0.4, -0.2) is 11.5 Å². The highest BCUT2D eigenvalue weighted by atomic mass is 35.5. The summed E-state index contributed by atoms with van der Waals surface area (Å²) in [6.45, 7) is 0.474. The average molecular weight is 248 g/mol. The molecule has 0 fully saturated rings. The number of benzene rings is 1. The summed E-state index contributed by atoms with van der Waals surface area (Å²) in [6.07, 6.45) is 1.93. The van der Waals surface area contributed by atoms with Gasteiger partial charge in [-0.1, -0.05) is 18.2 Å². The summed E-state index contributed by atoms with van der Waals surface area (Å²) in [5.74, 6) is 0. The molecule has 1 atom stereocenters. The average Bonchev–Trinajstić information content (AvgIpc) is 2.60. The predicted octanol–water partition coefficient (Wildman–Crippen LogP) is 1.97. The van der Waals surface area contributed by atoms with E-state index in [1.807, 2.05) is 24.4 Å². The minimum absolute atomic E-state index is 0. The predicted molar refractivity (Wildman–Crippen MR) is 68.8 cm³/mol. The van der Waals surface area contributed by atoms with E-state index in [2.05, 4.69) is 11.1 Å². The standard InChI is InChI=1S/C10H13N3.2ClH/c11-5-9(12)8-6-13-10-4-2-1-3-7(8)10;;/h1-4,6,9,13H,5,11-12H2;2*1H.